The first kappa shape index (κ1) is 22.3. The summed E-state index contributed by atoms with van der Waals surface area (Å²) < 4.78 is 27.1. The maximum atomic E-state index is 13.1. The number of nitrogens with zero attached hydrogens (tertiary/aromatic N) is 1. The SMILES string of the molecule is C=Cc1ccc(CN(C)c2cccc(S(=O)(=O)c3ccc(Br)cc3)c2Cl)c(C=C)c1. The molecule has 3 rings (SSSR count). The fourth-order valence-electron chi connectivity index (χ4n) is 3.16. The highest BCUT2D eigenvalue weighted by atomic mass is 79.9. The smallest absolute Gasteiger partial charge is 0.208 e. The van der Waals surface area contributed by atoms with Gasteiger partial charge in [0, 0.05) is 18.1 Å². The van der Waals surface area contributed by atoms with Crippen molar-refractivity contribution in [3.8, 4) is 0 Å². The molecule has 0 saturated carbocycles. The van der Waals surface area contributed by atoms with Gasteiger partial charge < -0.3 is 4.90 Å². The van der Waals surface area contributed by atoms with E-state index in [0.717, 1.165) is 21.2 Å². The molecular formula is C24H21BrClNO2S. The Morgan fingerprint density at radius 3 is 2.37 bits per heavy atom. The van der Waals surface area contributed by atoms with E-state index in [4.69, 9.17) is 11.6 Å². The van der Waals surface area contributed by atoms with Gasteiger partial charge in [-0.05, 0) is 59.2 Å². The van der Waals surface area contributed by atoms with Gasteiger partial charge in [-0.3, -0.25) is 0 Å². The summed E-state index contributed by atoms with van der Waals surface area (Å²) in [7, 11) is -1.86. The molecule has 3 nitrogen and oxygen atoms in total. The van der Waals surface area contributed by atoms with Crippen molar-refractivity contribution >= 4 is 55.2 Å². The lowest BCUT2D eigenvalue weighted by Crippen LogP contribution is -2.18. The molecule has 6 heteroatoms. The standard InChI is InChI=1S/C24H21BrClNO2S/c1-4-17-9-10-19(18(5-2)15-17)16-27(3)22-7-6-8-23(24(22)26)30(28,29)21-13-11-20(25)12-14-21/h4-15H,1-2,16H2,3H3. The first-order valence-electron chi connectivity index (χ1n) is 9.16. The van der Waals surface area contributed by atoms with Gasteiger partial charge in [-0.15, -0.1) is 0 Å². The molecule has 0 fully saturated rings. The Hall–Kier alpha value is -2.34. The molecule has 0 aliphatic rings. The maximum absolute atomic E-state index is 13.1. The second kappa shape index (κ2) is 9.21. The molecule has 0 N–H and O–H groups in total. The van der Waals surface area contributed by atoms with Crippen LogP contribution in [0.3, 0.4) is 0 Å². The molecule has 3 aromatic carbocycles. The normalized spacial score (nSPS) is 11.2. The Morgan fingerprint density at radius 1 is 1.03 bits per heavy atom. The van der Waals surface area contributed by atoms with E-state index in [2.05, 4.69) is 29.1 Å². The second-order valence-electron chi connectivity index (χ2n) is 6.77. The van der Waals surface area contributed by atoms with Crippen molar-refractivity contribution in [2.75, 3.05) is 11.9 Å². The maximum Gasteiger partial charge on any atom is 0.208 e. The van der Waals surface area contributed by atoms with Gasteiger partial charge >= 0.3 is 0 Å². The van der Waals surface area contributed by atoms with Crippen LogP contribution in [0.15, 0.2) is 88.1 Å². The minimum absolute atomic E-state index is 0.0850. The molecular weight excluding hydrogens is 482 g/mol. The average Bonchev–Trinajstić information content (AvgIpc) is 2.74. The highest BCUT2D eigenvalue weighted by Crippen LogP contribution is 2.35. The predicted octanol–water partition coefficient (Wildman–Crippen LogP) is 6.86. The highest BCUT2D eigenvalue weighted by molar-refractivity contribution is 9.10. The lowest BCUT2D eigenvalue weighted by molar-refractivity contribution is 0.596. The number of hydrogen-bond donors (Lipinski definition) is 0. The summed E-state index contributed by atoms with van der Waals surface area (Å²) >= 11 is 9.92. The number of halogens is 2. The summed E-state index contributed by atoms with van der Waals surface area (Å²) in [5.41, 5.74) is 3.69. The van der Waals surface area contributed by atoms with Crippen molar-refractivity contribution < 1.29 is 8.42 Å². The van der Waals surface area contributed by atoms with Crippen LogP contribution in [-0.4, -0.2) is 15.5 Å². The zero-order valence-electron chi connectivity index (χ0n) is 16.5. The predicted molar refractivity (Wildman–Crippen MR) is 130 cm³/mol. The molecule has 0 heterocycles. The van der Waals surface area contributed by atoms with E-state index in [-0.39, 0.29) is 14.8 Å². The number of sulfone groups is 1. The number of rotatable bonds is 7. The molecule has 0 atom stereocenters. The van der Waals surface area contributed by atoms with E-state index >= 15 is 0 Å². The van der Waals surface area contributed by atoms with Gasteiger partial charge in [0.25, 0.3) is 0 Å². The van der Waals surface area contributed by atoms with Crippen LogP contribution in [-0.2, 0) is 16.4 Å². The Kier molecular flexibility index (Phi) is 6.86. The van der Waals surface area contributed by atoms with Crippen LogP contribution in [0, 0.1) is 0 Å². The first-order valence-corrected chi connectivity index (χ1v) is 11.8. The van der Waals surface area contributed by atoms with Crippen molar-refractivity contribution in [2.24, 2.45) is 0 Å². The van der Waals surface area contributed by atoms with Gasteiger partial charge in [0.15, 0.2) is 0 Å². The quantitative estimate of drug-likeness (QED) is 0.354. The molecule has 0 amide bonds. The number of anilines is 1. The van der Waals surface area contributed by atoms with E-state index in [1.807, 2.05) is 36.2 Å². The molecule has 0 aromatic heterocycles. The Bertz CT molecular complexity index is 1200. The summed E-state index contributed by atoms with van der Waals surface area (Å²) in [4.78, 5) is 2.21. The van der Waals surface area contributed by atoms with Crippen LogP contribution in [0.1, 0.15) is 16.7 Å². The minimum Gasteiger partial charge on any atom is -0.369 e. The Balaban J connectivity index is 1.98. The lowest BCUT2D eigenvalue weighted by atomic mass is 10.0. The summed E-state index contributed by atoms with van der Waals surface area (Å²) in [5.74, 6) is 0. The Morgan fingerprint density at radius 2 is 1.73 bits per heavy atom. The van der Waals surface area contributed by atoms with Gasteiger partial charge in [0.05, 0.1) is 20.5 Å². The molecule has 0 aliphatic heterocycles. The number of benzene rings is 3. The largest absolute Gasteiger partial charge is 0.369 e. The zero-order chi connectivity index (χ0) is 21.9. The van der Waals surface area contributed by atoms with Crippen molar-refractivity contribution in [1.29, 1.82) is 0 Å². The van der Waals surface area contributed by atoms with E-state index in [0.29, 0.717) is 12.2 Å². The fourth-order valence-corrected chi connectivity index (χ4v) is 5.34. The third kappa shape index (κ3) is 4.53. The second-order valence-corrected chi connectivity index (χ2v) is 9.98. The van der Waals surface area contributed by atoms with Gasteiger partial charge in [0.1, 0.15) is 0 Å². The molecule has 30 heavy (non-hydrogen) atoms. The van der Waals surface area contributed by atoms with Crippen molar-refractivity contribution in [2.45, 2.75) is 16.3 Å². The summed E-state index contributed by atoms with van der Waals surface area (Å²) in [6, 6.07) is 17.6. The zero-order valence-corrected chi connectivity index (χ0v) is 19.6. The molecule has 154 valence electrons. The van der Waals surface area contributed by atoms with E-state index in [1.165, 1.54) is 6.07 Å². The Labute approximate surface area is 191 Å². The van der Waals surface area contributed by atoms with Crippen LogP contribution in [0.4, 0.5) is 5.69 Å². The van der Waals surface area contributed by atoms with Crippen LogP contribution in [0.2, 0.25) is 5.02 Å². The van der Waals surface area contributed by atoms with Gasteiger partial charge in [-0.25, -0.2) is 8.42 Å². The molecule has 0 saturated heterocycles. The van der Waals surface area contributed by atoms with Crippen molar-refractivity contribution in [3.05, 3.63) is 100 Å². The summed E-state index contributed by atoms with van der Waals surface area (Å²) in [5, 5.41) is 0.200. The highest BCUT2D eigenvalue weighted by Gasteiger charge is 2.23. The molecule has 3 aromatic rings. The minimum atomic E-state index is -3.74. The van der Waals surface area contributed by atoms with Crippen molar-refractivity contribution in [1.82, 2.24) is 0 Å². The monoisotopic (exact) mass is 501 g/mol. The first-order chi connectivity index (χ1) is 14.3. The molecule has 0 bridgehead atoms. The molecule has 0 unspecified atom stereocenters. The van der Waals surface area contributed by atoms with Crippen molar-refractivity contribution in [3.63, 3.8) is 0 Å². The molecule has 0 radical (unpaired) electrons. The van der Waals surface area contributed by atoms with E-state index in [9.17, 15) is 8.42 Å². The van der Waals surface area contributed by atoms with E-state index in [1.54, 1.807) is 42.5 Å². The third-order valence-electron chi connectivity index (χ3n) is 4.80. The lowest BCUT2D eigenvalue weighted by Gasteiger charge is -2.23. The molecule has 0 aliphatic carbocycles. The average molecular weight is 503 g/mol. The van der Waals surface area contributed by atoms with Crippen LogP contribution >= 0.6 is 27.5 Å². The summed E-state index contributed by atoms with van der Waals surface area (Å²) in [6.45, 7) is 8.23. The number of hydrogen-bond acceptors (Lipinski definition) is 3. The fraction of sp³-hybridized carbons (Fsp3) is 0.0833. The van der Waals surface area contributed by atoms with Gasteiger partial charge in [0.2, 0.25) is 9.84 Å². The summed E-state index contributed by atoms with van der Waals surface area (Å²) in [6.07, 6.45) is 3.58. The van der Waals surface area contributed by atoms with Crippen LogP contribution < -0.4 is 4.90 Å². The third-order valence-corrected chi connectivity index (χ3v) is 7.65. The molecule has 0 spiro atoms. The van der Waals surface area contributed by atoms with E-state index < -0.39 is 9.84 Å². The van der Waals surface area contributed by atoms with Gasteiger partial charge in [-0.2, -0.15) is 0 Å². The van der Waals surface area contributed by atoms with Gasteiger partial charge in [-0.1, -0.05) is 71.0 Å². The van der Waals surface area contributed by atoms with Crippen LogP contribution in [0.5, 0.6) is 0 Å². The van der Waals surface area contributed by atoms with Crippen LogP contribution in [0.25, 0.3) is 12.2 Å². The topological polar surface area (TPSA) is 37.4 Å².